The number of rotatable bonds is 10. The van der Waals surface area contributed by atoms with Gasteiger partial charge in [0.25, 0.3) is 0 Å². The van der Waals surface area contributed by atoms with E-state index >= 15 is 0 Å². The van der Waals surface area contributed by atoms with Crippen LogP contribution in [0.15, 0.2) is 0 Å². The topological polar surface area (TPSA) is 47.3 Å². The number of aliphatic hydroxyl groups excluding tert-OH is 1. The first-order valence-corrected chi connectivity index (χ1v) is 7.18. The lowest BCUT2D eigenvalue weighted by atomic mass is 10.1. The van der Waals surface area contributed by atoms with Gasteiger partial charge in [-0.15, -0.1) is 0 Å². The molecular formula is C14H31BN2O. The van der Waals surface area contributed by atoms with Gasteiger partial charge in [0.05, 0.1) is 6.10 Å². The van der Waals surface area contributed by atoms with Gasteiger partial charge in [0.15, 0.2) is 0 Å². The van der Waals surface area contributed by atoms with Crippen LogP contribution in [0, 0.1) is 11.2 Å². The highest BCUT2D eigenvalue weighted by molar-refractivity contribution is 6.20. The molecule has 1 unspecified atom stereocenters. The van der Waals surface area contributed by atoms with Crippen LogP contribution >= 0.6 is 0 Å². The molecule has 0 aromatic carbocycles. The normalized spacial score (nSPS) is 11.6. The Hall–Kier alpha value is -0.525. The second kappa shape index (κ2) is 16.5. The molecule has 1 N–H and O–H groups in total. The van der Waals surface area contributed by atoms with E-state index in [9.17, 15) is 0 Å². The average molecular weight is 254 g/mol. The third-order valence-electron chi connectivity index (χ3n) is 2.73. The number of aliphatic hydroxyl groups is 1. The molecule has 3 nitrogen and oxygen atoms in total. The SMILES string of the molecule is BC#N.CC(O)CCCCCCCCCN(C)C. The predicted octanol–water partition coefficient (Wildman–Crippen LogP) is 2.15. The molecule has 0 saturated heterocycles. The van der Waals surface area contributed by atoms with Gasteiger partial charge in [-0.1, -0.05) is 38.5 Å². The molecule has 106 valence electrons. The minimum absolute atomic E-state index is 0.106. The summed E-state index contributed by atoms with van der Waals surface area (Å²) < 4.78 is 0. The van der Waals surface area contributed by atoms with Crippen molar-refractivity contribution in [3.8, 4) is 5.97 Å². The summed E-state index contributed by atoms with van der Waals surface area (Å²) in [6.45, 7) is 3.10. The van der Waals surface area contributed by atoms with Gasteiger partial charge in [0.1, 0.15) is 0 Å². The van der Waals surface area contributed by atoms with Gasteiger partial charge in [-0.2, -0.15) is 0 Å². The summed E-state index contributed by atoms with van der Waals surface area (Å²) in [5, 5.41) is 16.4. The molecule has 0 amide bonds. The van der Waals surface area contributed by atoms with Gasteiger partial charge < -0.3 is 10.0 Å². The number of hydrogen-bond donors (Lipinski definition) is 1. The molecule has 0 rings (SSSR count). The van der Waals surface area contributed by atoms with Gasteiger partial charge in [-0.25, -0.2) is 5.26 Å². The monoisotopic (exact) mass is 254 g/mol. The Bertz CT molecular complexity index is 177. The third-order valence-corrected chi connectivity index (χ3v) is 2.73. The van der Waals surface area contributed by atoms with Crippen LogP contribution in [0.25, 0.3) is 0 Å². The van der Waals surface area contributed by atoms with E-state index < -0.39 is 0 Å². The Morgan fingerprint density at radius 2 is 1.44 bits per heavy atom. The fraction of sp³-hybridized carbons (Fsp3) is 0.929. The molecule has 0 saturated carbocycles. The van der Waals surface area contributed by atoms with E-state index in [0.717, 1.165) is 6.42 Å². The van der Waals surface area contributed by atoms with E-state index in [2.05, 4.69) is 19.0 Å². The van der Waals surface area contributed by atoms with E-state index in [4.69, 9.17) is 10.4 Å². The molecule has 0 aromatic heterocycles. The molecule has 0 aliphatic carbocycles. The fourth-order valence-corrected chi connectivity index (χ4v) is 1.75. The van der Waals surface area contributed by atoms with E-state index in [-0.39, 0.29) is 6.10 Å². The lowest BCUT2D eigenvalue weighted by Gasteiger charge is -2.08. The standard InChI is InChI=1S/C13H29NO.CH2BN/c1-13(15)11-9-7-5-4-6-8-10-12-14(2)3;2-1-3/h13,15H,4-12H2,1-3H3;2H2. The van der Waals surface area contributed by atoms with Gasteiger partial charge in [0.2, 0.25) is 7.85 Å². The maximum atomic E-state index is 9.07. The summed E-state index contributed by atoms with van der Waals surface area (Å²) in [6, 6.07) is 0. The van der Waals surface area contributed by atoms with Crippen molar-refractivity contribution in [3.05, 3.63) is 0 Å². The number of hydrogen-bond acceptors (Lipinski definition) is 3. The van der Waals surface area contributed by atoms with Crippen molar-refractivity contribution in [1.29, 1.82) is 5.26 Å². The predicted molar refractivity (Wildman–Crippen MR) is 81.3 cm³/mol. The highest BCUT2D eigenvalue weighted by Crippen LogP contribution is 2.09. The van der Waals surface area contributed by atoms with Crippen LogP contribution < -0.4 is 0 Å². The Balaban J connectivity index is 0. The fourth-order valence-electron chi connectivity index (χ4n) is 1.75. The number of unbranched alkanes of at least 4 members (excludes halogenated alkanes) is 6. The zero-order chi connectivity index (χ0) is 14.2. The van der Waals surface area contributed by atoms with Crippen molar-refractivity contribution in [2.45, 2.75) is 64.4 Å². The van der Waals surface area contributed by atoms with Crippen LogP contribution in [0.5, 0.6) is 0 Å². The lowest BCUT2D eigenvalue weighted by molar-refractivity contribution is 0.180. The van der Waals surface area contributed by atoms with Crippen molar-refractivity contribution in [1.82, 2.24) is 4.90 Å². The van der Waals surface area contributed by atoms with Crippen molar-refractivity contribution in [3.63, 3.8) is 0 Å². The van der Waals surface area contributed by atoms with Gasteiger partial charge in [-0.3, -0.25) is 0 Å². The van der Waals surface area contributed by atoms with Crippen molar-refractivity contribution < 1.29 is 5.11 Å². The van der Waals surface area contributed by atoms with E-state index in [1.54, 1.807) is 5.97 Å². The van der Waals surface area contributed by atoms with Crippen LogP contribution in [-0.4, -0.2) is 44.6 Å². The second-order valence-corrected chi connectivity index (χ2v) is 5.14. The average Bonchev–Trinajstić information content (AvgIpc) is 2.27. The summed E-state index contributed by atoms with van der Waals surface area (Å²) in [5.41, 5.74) is 0. The number of nitriles is 1. The summed E-state index contributed by atoms with van der Waals surface area (Å²) in [4.78, 5) is 2.25. The molecule has 0 radical (unpaired) electrons. The molecule has 0 spiro atoms. The molecule has 0 bridgehead atoms. The molecule has 4 heteroatoms. The van der Waals surface area contributed by atoms with Crippen molar-refractivity contribution in [2.24, 2.45) is 0 Å². The Morgan fingerprint density at radius 1 is 1.06 bits per heavy atom. The molecular weight excluding hydrogens is 223 g/mol. The van der Waals surface area contributed by atoms with Crippen LogP contribution in [0.2, 0.25) is 0 Å². The third kappa shape index (κ3) is 24.6. The maximum absolute atomic E-state index is 9.07. The minimum Gasteiger partial charge on any atom is -0.393 e. The summed E-state index contributed by atoms with van der Waals surface area (Å²) in [6.07, 6.45) is 10.1. The largest absolute Gasteiger partial charge is 0.393 e. The maximum Gasteiger partial charge on any atom is 0.232 e. The highest BCUT2D eigenvalue weighted by atomic mass is 16.3. The molecule has 1 atom stereocenters. The summed E-state index contributed by atoms with van der Waals surface area (Å²) in [7, 11) is 5.70. The van der Waals surface area contributed by atoms with Crippen LogP contribution in [0.1, 0.15) is 58.3 Å². The molecule has 0 heterocycles. The van der Waals surface area contributed by atoms with Crippen LogP contribution in [0.3, 0.4) is 0 Å². The van der Waals surface area contributed by atoms with Gasteiger partial charge in [0, 0.05) is 0 Å². The first kappa shape index (κ1) is 19.8. The molecule has 0 aromatic rings. The Kier molecular flexibility index (Phi) is 18.1. The van der Waals surface area contributed by atoms with E-state index in [1.807, 2.05) is 6.92 Å². The first-order valence-electron chi connectivity index (χ1n) is 7.18. The smallest absolute Gasteiger partial charge is 0.232 e. The zero-order valence-corrected chi connectivity index (χ0v) is 12.8. The van der Waals surface area contributed by atoms with Gasteiger partial charge in [-0.05, 0) is 46.4 Å². The van der Waals surface area contributed by atoms with Crippen molar-refractivity contribution in [2.75, 3.05) is 20.6 Å². The highest BCUT2D eigenvalue weighted by Gasteiger charge is 1.96. The molecule has 0 aliphatic rings. The minimum atomic E-state index is -0.106. The number of nitrogens with zero attached hydrogens (tertiary/aromatic N) is 2. The van der Waals surface area contributed by atoms with E-state index in [0.29, 0.717) is 0 Å². The van der Waals surface area contributed by atoms with Crippen LogP contribution in [0.4, 0.5) is 0 Å². The summed E-state index contributed by atoms with van der Waals surface area (Å²) in [5.74, 6) is 1.75. The molecule has 0 fully saturated rings. The second-order valence-electron chi connectivity index (χ2n) is 5.14. The molecule has 18 heavy (non-hydrogen) atoms. The van der Waals surface area contributed by atoms with E-state index in [1.165, 1.54) is 59.3 Å². The quantitative estimate of drug-likeness (QED) is 0.480. The Morgan fingerprint density at radius 3 is 1.83 bits per heavy atom. The van der Waals surface area contributed by atoms with Crippen molar-refractivity contribution >= 4 is 7.85 Å². The summed E-state index contributed by atoms with van der Waals surface area (Å²) >= 11 is 0. The molecule has 0 aliphatic heterocycles. The van der Waals surface area contributed by atoms with Gasteiger partial charge >= 0.3 is 0 Å². The van der Waals surface area contributed by atoms with Crippen LogP contribution in [-0.2, 0) is 0 Å². The first-order chi connectivity index (χ1) is 8.54. The lowest BCUT2D eigenvalue weighted by Crippen LogP contribution is -2.12. The Labute approximate surface area is 115 Å². The zero-order valence-electron chi connectivity index (χ0n) is 12.8.